The van der Waals surface area contributed by atoms with Crippen LogP contribution in [0.2, 0.25) is 10.6 Å². The average Bonchev–Trinajstić information content (AvgIpc) is 4.19. The lowest BCUT2D eigenvalue weighted by Gasteiger charge is -2.27. The Morgan fingerprint density at radius 2 is 1.23 bits per heavy atom. The van der Waals surface area contributed by atoms with E-state index in [0.29, 0.717) is 40.9 Å². The maximum absolute atomic E-state index is 12.4. The third kappa shape index (κ3) is 10.6. The van der Waals surface area contributed by atoms with Gasteiger partial charge in [-0.05, 0) is 97.3 Å². The van der Waals surface area contributed by atoms with E-state index >= 15 is 0 Å². The van der Waals surface area contributed by atoms with E-state index in [1.807, 2.05) is 38.1 Å². The second kappa shape index (κ2) is 20.4. The molecule has 2 saturated heterocycles. The second-order valence-electron chi connectivity index (χ2n) is 19.3. The fraction of sp³-hybridized carbons (Fsp3) is 0.511. The first-order chi connectivity index (χ1) is 33.7. The first kappa shape index (κ1) is 51.3. The normalized spacial score (nSPS) is 26.1. The van der Waals surface area contributed by atoms with Crippen molar-refractivity contribution >= 4 is 77.6 Å². The molecule has 4 aromatic heterocycles. The SMILES string of the molecule is CC(=O)OC1[C@H](n2ncc3c(N(C)[C@H]4CCc5ccccc54)nc(Cl)nc32)O[C@H](CCP(C)(C)=O)[C@H]1C.CN(c1nc(Cl)nc2c1cnn2[C@@H]1O[C@H](CCP(=O)(O)O)[C@@H](O)[C@H]1O)[C@H]1CCc2ccccc21. The molecule has 0 spiro atoms. The van der Waals surface area contributed by atoms with Crippen LogP contribution in [0.1, 0.15) is 86.3 Å². The molecule has 71 heavy (non-hydrogen) atoms. The molecule has 10 rings (SSSR count). The number of aliphatic hydroxyl groups excluding tert-OH is 2. The fourth-order valence-electron chi connectivity index (χ4n) is 10.5. The number of anilines is 2. The molecular formula is C47H58Cl2N10O10P2. The van der Waals surface area contributed by atoms with Gasteiger partial charge in [-0.25, -0.2) is 9.36 Å². The minimum Gasteiger partial charge on any atom is -0.457 e. The summed E-state index contributed by atoms with van der Waals surface area (Å²) in [6.07, 6.45) is 1.41. The lowest BCUT2D eigenvalue weighted by Crippen LogP contribution is -2.32. The van der Waals surface area contributed by atoms with Crippen molar-refractivity contribution in [3.05, 3.63) is 93.7 Å². The van der Waals surface area contributed by atoms with Crippen LogP contribution in [0.4, 0.5) is 11.6 Å². The predicted octanol–water partition coefficient (Wildman–Crippen LogP) is 6.87. The van der Waals surface area contributed by atoms with Crippen LogP contribution >= 0.6 is 37.9 Å². The van der Waals surface area contributed by atoms with Crippen LogP contribution in [0, 0.1) is 5.92 Å². The monoisotopic (exact) mass is 1050 g/mol. The number of fused-ring (bicyclic) bond motifs is 4. The van der Waals surface area contributed by atoms with Crippen molar-refractivity contribution in [2.24, 2.45) is 5.92 Å². The van der Waals surface area contributed by atoms with Gasteiger partial charge in [-0.2, -0.15) is 30.1 Å². The van der Waals surface area contributed by atoms with Crippen LogP contribution in [0.5, 0.6) is 0 Å². The molecule has 0 saturated carbocycles. The third-order valence-electron chi connectivity index (χ3n) is 14.1. The Kier molecular flexibility index (Phi) is 14.7. The van der Waals surface area contributed by atoms with Crippen molar-refractivity contribution in [1.82, 2.24) is 39.5 Å². The van der Waals surface area contributed by atoms with Crippen LogP contribution < -0.4 is 9.80 Å². The van der Waals surface area contributed by atoms with E-state index < -0.39 is 63.7 Å². The second-order valence-corrected chi connectivity index (χ2v) is 25.4. The van der Waals surface area contributed by atoms with Gasteiger partial charge >= 0.3 is 13.6 Å². The molecule has 0 radical (unpaired) electrons. The van der Waals surface area contributed by atoms with Gasteiger partial charge in [0.15, 0.2) is 29.9 Å². The number of halogens is 2. The van der Waals surface area contributed by atoms with E-state index in [-0.39, 0.29) is 41.1 Å². The molecule has 380 valence electrons. The number of ether oxygens (including phenoxy) is 3. The molecule has 2 aliphatic carbocycles. The smallest absolute Gasteiger partial charge is 0.325 e. The summed E-state index contributed by atoms with van der Waals surface area (Å²) in [6, 6.07) is 17.0. The molecule has 6 heterocycles. The maximum Gasteiger partial charge on any atom is 0.325 e. The van der Waals surface area contributed by atoms with E-state index in [1.165, 1.54) is 33.9 Å². The summed E-state index contributed by atoms with van der Waals surface area (Å²) in [6.45, 7) is 6.91. The Labute approximate surface area is 420 Å². The molecule has 6 aromatic rings. The maximum atomic E-state index is 12.4. The number of esters is 1. The van der Waals surface area contributed by atoms with Gasteiger partial charge in [0.25, 0.3) is 0 Å². The number of hydrogen-bond acceptors (Lipinski definition) is 16. The molecule has 0 bridgehead atoms. The Bertz CT molecular complexity index is 3040. The number of aliphatic hydroxyl groups is 2. The number of hydrogen-bond donors (Lipinski definition) is 4. The summed E-state index contributed by atoms with van der Waals surface area (Å²) in [5, 5.41) is 31.4. The highest BCUT2D eigenvalue weighted by Crippen LogP contribution is 2.46. The zero-order valence-corrected chi connectivity index (χ0v) is 43.4. The fourth-order valence-corrected chi connectivity index (χ4v) is 12.3. The van der Waals surface area contributed by atoms with Crippen LogP contribution in [0.25, 0.3) is 22.1 Å². The molecule has 2 aliphatic heterocycles. The van der Waals surface area contributed by atoms with Crippen LogP contribution in [0.3, 0.4) is 0 Å². The van der Waals surface area contributed by atoms with Crippen LogP contribution in [0.15, 0.2) is 60.9 Å². The van der Waals surface area contributed by atoms with E-state index in [4.69, 9.17) is 47.2 Å². The lowest BCUT2D eigenvalue weighted by molar-refractivity contribution is -0.154. The molecule has 4 aliphatic rings. The number of carbonyl (C=O) groups excluding carboxylic acids is 1. The van der Waals surface area contributed by atoms with Crippen molar-refractivity contribution in [3.8, 4) is 0 Å². The van der Waals surface area contributed by atoms with Gasteiger partial charge in [-0.15, -0.1) is 0 Å². The minimum atomic E-state index is -4.28. The van der Waals surface area contributed by atoms with Crippen molar-refractivity contribution in [1.29, 1.82) is 0 Å². The average molecular weight is 1060 g/mol. The number of benzene rings is 2. The van der Waals surface area contributed by atoms with Crippen LogP contribution in [-0.2, 0) is 41.0 Å². The Balaban J connectivity index is 0.000000176. The van der Waals surface area contributed by atoms with E-state index in [1.54, 1.807) is 30.4 Å². The molecule has 24 heteroatoms. The number of aromatic nitrogens is 8. The minimum absolute atomic E-state index is 0.00605. The lowest BCUT2D eigenvalue weighted by atomic mass is 9.98. The van der Waals surface area contributed by atoms with Crippen molar-refractivity contribution in [3.63, 3.8) is 0 Å². The Morgan fingerprint density at radius 3 is 1.72 bits per heavy atom. The van der Waals surface area contributed by atoms with Gasteiger partial charge in [0.2, 0.25) is 10.6 Å². The van der Waals surface area contributed by atoms with E-state index in [0.717, 1.165) is 31.1 Å². The Morgan fingerprint density at radius 1 is 0.746 bits per heavy atom. The quantitative estimate of drug-likeness (QED) is 0.0523. The third-order valence-corrected chi connectivity index (χ3v) is 16.6. The summed E-state index contributed by atoms with van der Waals surface area (Å²) in [5.74, 6) is 0.753. The van der Waals surface area contributed by atoms with Gasteiger partial charge in [-0.3, -0.25) is 9.36 Å². The van der Waals surface area contributed by atoms with Crippen molar-refractivity contribution in [2.75, 3.05) is 49.5 Å². The summed E-state index contributed by atoms with van der Waals surface area (Å²) in [4.78, 5) is 52.3. The van der Waals surface area contributed by atoms with E-state index in [2.05, 4.69) is 71.4 Å². The van der Waals surface area contributed by atoms with Crippen molar-refractivity contribution in [2.45, 2.75) is 107 Å². The van der Waals surface area contributed by atoms with Gasteiger partial charge in [-0.1, -0.05) is 55.5 Å². The molecule has 1 unspecified atom stereocenters. The van der Waals surface area contributed by atoms with Gasteiger partial charge in [0.05, 0.1) is 60.8 Å². The number of aryl methyl sites for hydroxylation is 2. The molecule has 2 aromatic carbocycles. The highest BCUT2D eigenvalue weighted by Gasteiger charge is 2.47. The topological polar surface area (TPSA) is 253 Å². The zero-order valence-electron chi connectivity index (χ0n) is 40.1. The molecule has 4 N–H and O–H groups in total. The van der Waals surface area contributed by atoms with Gasteiger partial charge in [0, 0.05) is 33.1 Å². The van der Waals surface area contributed by atoms with Crippen LogP contribution in [-0.4, -0.2) is 136 Å². The first-order valence-corrected chi connectivity index (χ1v) is 28.9. The molecule has 20 nitrogen and oxygen atoms in total. The Hall–Kier alpha value is -4.59. The standard InChI is InChI=1S/C26H33ClN5O4P.C21H25ClN5O6P/c1-15-21(12-13-37(4,5)34)36-25(22(15)35-16(2)33)32-24-19(14-28-32)23(29-26(27)30-24)31(3)20-11-10-17-8-6-7-9-18(17)20;1-26(14-7-6-11-4-2-3-5-12(11)14)18-13-10-23-27(19(13)25-21(22)24-18)20-17(29)16(28)15(33-20)8-9-34(30,31)32/h6-9,14-15,20-22,25H,10-13H2,1-5H3;2-5,10,14-17,20,28-29H,6-9H2,1H3,(H2,30,31,32)/t15-,20+,21-,22?,25-;14-,15+,16+,17+,20+/m10/s1. The van der Waals surface area contributed by atoms with Gasteiger partial charge < -0.3 is 48.6 Å². The first-order valence-electron chi connectivity index (χ1n) is 23.5. The summed E-state index contributed by atoms with van der Waals surface area (Å²) >= 11 is 12.7. The molecule has 0 amide bonds. The zero-order chi connectivity index (χ0) is 50.7. The molecule has 2 fully saturated rings. The largest absolute Gasteiger partial charge is 0.457 e. The highest BCUT2D eigenvalue weighted by atomic mass is 35.5. The predicted molar refractivity (Wildman–Crippen MR) is 267 cm³/mol. The number of carbonyl (C=O) groups is 1. The molecule has 10 atom stereocenters. The molecular weight excluding hydrogens is 997 g/mol. The van der Waals surface area contributed by atoms with Crippen molar-refractivity contribution < 1.29 is 48.1 Å². The van der Waals surface area contributed by atoms with E-state index in [9.17, 15) is 24.1 Å². The number of nitrogens with zero attached hydrogens (tertiary/aromatic N) is 10. The highest BCUT2D eigenvalue weighted by molar-refractivity contribution is 7.62. The van der Waals surface area contributed by atoms with Gasteiger partial charge in [0.1, 0.15) is 23.8 Å². The number of rotatable bonds is 13. The summed E-state index contributed by atoms with van der Waals surface area (Å²) < 4.78 is 44.4. The summed E-state index contributed by atoms with van der Waals surface area (Å²) in [5.41, 5.74) is 5.99. The summed E-state index contributed by atoms with van der Waals surface area (Å²) in [7, 11) is -2.55.